The highest BCUT2D eigenvalue weighted by Crippen LogP contribution is 2.19. The number of methoxy groups -OCH3 is 1. The van der Waals surface area contributed by atoms with Crippen molar-refractivity contribution >= 4 is 11.6 Å². The predicted octanol–water partition coefficient (Wildman–Crippen LogP) is 1.14. The van der Waals surface area contributed by atoms with Gasteiger partial charge in [-0.2, -0.15) is 0 Å². The molecule has 1 amide bonds. The van der Waals surface area contributed by atoms with Gasteiger partial charge in [0.2, 0.25) is 5.91 Å². The van der Waals surface area contributed by atoms with Crippen molar-refractivity contribution in [2.75, 3.05) is 20.3 Å². The second-order valence-corrected chi connectivity index (χ2v) is 4.76. The molecule has 21 heavy (non-hydrogen) atoms. The second kappa shape index (κ2) is 8.33. The monoisotopic (exact) mass is 295 g/mol. The highest BCUT2D eigenvalue weighted by atomic mass is 16.6. The number of carbonyl (C=O) groups excluding carboxylic acids is 1. The van der Waals surface area contributed by atoms with Crippen molar-refractivity contribution < 1.29 is 14.5 Å². The molecule has 7 heteroatoms. The number of carbonyl (C=O) groups is 1. The average molecular weight is 295 g/mol. The van der Waals surface area contributed by atoms with E-state index in [1.54, 1.807) is 27.0 Å². The topological polar surface area (TPSA) is 93.5 Å². The lowest BCUT2D eigenvalue weighted by Gasteiger charge is -2.14. The van der Waals surface area contributed by atoms with Gasteiger partial charge in [0.1, 0.15) is 0 Å². The molecule has 116 valence electrons. The summed E-state index contributed by atoms with van der Waals surface area (Å²) in [4.78, 5) is 22.2. The zero-order valence-corrected chi connectivity index (χ0v) is 12.5. The summed E-state index contributed by atoms with van der Waals surface area (Å²) in [6, 6.07) is 4.66. The minimum atomic E-state index is -0.403. The van der Waals surface area contributed by atoms with Crippen LogP contribution in [0.2, 0.25) is 0 Å². The quantitative estimate of drug-likeness (QED) is 0.426. The summed E-state index contributed by atoms with van der Waals surface area (Å²) >= 11 is 0. The Bertz CT molecular complexity index is 505. The van der Waals surface area contributed by atoms with Crippen LogP contribution in [-0.2, 0) is 16.1 Å². The van der Waals surface area contributed by atoms with E-state index in [9.17, 15) is 14.9 Å². The summed E-state index contributed by atoms with van der Waals surface area (Å²) in [6.07, 6.45) is 0. The molecule has 0 spiro atoms. The fraction of sp³-hybridized carbons (Fsp3) is 0.500. The van der Waals surface area contributed by atoms with E-state index in [-0.39, 0.29) is 17.6 Å². The Morgan fingerprint density at radius 2 is 2.19 bits per heavy atom. The molecule has 0 aliphatic heterocycles. The van der Waals surface area contributed by atoms with Crippen molar-refractivity contribution in [2.45, 2.75) is 26.4 Å². The Hall–Kier alpha value is -1.99. The Balaban J connectivity index is 2.53. The lowest BCUT2D eigenvalue weighted by Crippen LogP contribution is -2.42. The number of ether oxygens (including phenoxy) is 1. The standard InChI is InChI=1S/C14H21N3O4/c1-10-4-5-12(8-13(10)17(19)20)9-16-11(2)14(18)15-6-7-21-3/h4-5,8,11,16H,6-7,9H2,1-3H3,(H,15,18). The van der Waals surface area contributed by atoms with Crippen LogP contribution >= 0.6 is 0 Å². The number of nitro benzene ring substituents is 1. The summed E-state index contributed by atoms with van der Waals surface area (Å²) in [5.41, 5.74) is 1.48. The van der Waals surface area contributed by atoms with Gasteiger partial charge in [-0.1, -0.05) is 12.1 Å². The van der Waals surface area contributed by atoms with Crippen molar-refractivity contribution in [3.8, 4) is 0 Å². The summed E-state index contributed by atoms with van der Waals surface area (Å²) in [5, 5.41) is 16.6. The number of amides is 1. The molecular weight excluding hydrogens is 274 g/mol. The number of aryl methyl sites for hydroxylation is 1. The normalized spacial score (nSPS) is 12.0. The molecule has 0 aromatic heterocycles. The van der Waals surface area contributed by atoms with E-state index < -0.39 is 4.92 Å². The number of benzene rings is 1. The number of rotatable bonds is 8. The highest BCUT2D eigenvalue weighted by molar-refractivity contribution is 5.81. The first-order chi connectivity index (χ1) is 9.95. The molecular formula is C14H21N3O4. The average Bonchev–Trinajstić information content (AvgIpc) is 2.45. The van der Waals surface area contributed by atoms with E-state index in [2.05, 4.69) is 10.6 Å². The maximum Gasteiger partial charge on any atom is 0.272 e. The van der Waals surface area contributed by atoms with Crippen LogP contribution in [0, 0.1) is 17.0 Å². The van der Waals surface area contributed by atoms with Crippen molar-refractivity contribution in [3.63, 3.8) is 0 Å². The first-order valence-corrected chi connectivity index (χ1v) is 6.69. The highest BCUT2D eigenvalue weighted by Gasteiger charge is 2.14. The van der Waals surface area contributed by atoms with Gasteiger partial charge in [0.25, 0.3) is 5.69 Å². The molecule has 0 radical (unpaired) electrons. The molecule has 7 nitrogen and oxygen atoms in total. The molecule has 0 heterocycles. The van der Waals surface area contributed by atoms with Gasteiger partial charge in [0, 0.05) is 31.8 Å². The minimum Gasteiger partial charge on any atom is -0.383 e. The Morgan fingerprint density at radius 1 is 1.48 bits per heavy atom. The molecule has 0 aliphatic rings. The first-order valence-electron chi connectivity index (χ1n) is 6.69. The molecule has 1 unspecified atom stereocenters. The van der Waals surface area contributed by atoms with E-state index in [0.29, 0.717) is 25.3 Å². The van der Waals surface area contributed by atoms with Crippen LogP contribution in [0.25, 0.3) is 0 Å². The summed E-state index contributed by atoms with van der Waals surface area (Å²) in [5.74, 6) is -0.131. The van der Waals surface area contributed by atoms with Crippen LogP contribution in [0.5, 0.6) is 0 Å². The van der Waals surface area contributed by atoms with Gasteiger partial charge < -0.3 is 15.4 Å². The summed E-state index contributed by atoms with van der Waals surface area (Å²) < 4.78 is 4.85. The lowest BCUT2D eigenvalue weighted by molar-refractivity contribution is -0.385. The molecule has 2 N–H and O–H groups in total. The van der Waals surface area contributed by atoms with Crippen molar-refractivity contribution in [1.29, 1.82) is 0 Å². The molecule has 1 rings (SSSR count). The van der Waals surface area contributed by atoms with Gasteiger partial charge in [-0.15, -0.1) is 0 Å². The number of hydrogen-bond acceptors (Lipinski definition) is 5. The Kier molecular flexibility index (Phi) is 6.77. The molecule has 1 aromatic carbocycles. The van der Waals surface area contributed by atoms with Crippen LogP contribution in [0.15, 0.2) is 18.2 Å². The van der Waals surface area contributed by atoms with E-state index in [0.717, 1.165) is 5.56 Å². The van der Waals surface area contributed by atoms with Crippen LogP contribution in [0.4, 0.5) is 5.69 Å². The van der Waals surface area contributed by atoms with E-state index in [1.165, 1.54) is 6.07 Å². The molecule has 0 aliphatic carbocycles. The second-order valence-electron chi connectivity index (χ2n) is 4.76. The van der Waals surface area contributed by atoms with Crippen LogP contribution in [-0.4, -0.2) is 37.1 Å². The smallest absolute Gasteiger partial charge is 0.272 e. The van der Waals surface area contributed by atoms with E-state index in [1.807, 2.05) is 6.07 Å². The molecule has 0 bridgehead atoms. The first kappa shape index (κ1) is 17.1. The van der Waals surface area contributed by atoms with Gasteiger partial charge in [-0.25, -0.2) is 0 Å². The maximum atomic E-state index is 11.7. The molecule has 1 aromatic rings. The summed E-state index contributed by atoms with van der Waals surface area (Å²) in [7, 11) is 1.57. The van der Waals surface area contributed by atoms with E-state index >= 15 is 0 Å². The molecule has 0 fully saturated rings. The van der Waals surface area contributed by atoms with Crippen LogP contribution in [0.1, 0.15) is 18.1 Å². The van der Waals surface area contributed by atoms with E-state index in [4.69, 9.17) is 4.74 Å². The molecule has 0 saturated heterocycles. The molecule has 0 saturated carbocycles. The van der Waals surface area contributed by atoms with Crippen molar-refractivity contribution in [1.82, 2.24) is 10.6 Å². The Morgan fingerprint density at radius 3 is 2.81 bits per heavy atom. The fourth-order valence-corrected chi connectivity index (χ4v) is 1.75. The maximum absolute atomic E-state index is 11.7. The zero-order chi connectivity index (χ0) is 15.8. The van der Waals surface area contributed by atoms with Crippen molar-refractivity contribution in [2.24, 2.45) is 0 Å². The third kappa shape index (κ3) is 5.49. The number of nitro groups is 1. The largest absolute Gasteiger partial charge is 0.383 e. The molecule has 1 atom stereocenters. The summed E-state index contributed by atoms with van der Waals surface area (Å²) in [6.45, 7) is 4.74. The van der Waals surface area contributed by atoms with Crippen LogP contribution in [0.3, 0.4) is 0 Å². The third-order valence-corrected chi connectivity index (χ3v) is 3.08. The number of nitrogens with zero attached hydrogens (tertiary/aromatic N) is 1. The van der Waals surface area contributed by atoms with Crippen LogP contribution < -0.4 is 10.6 Å². The predicted molar refractivity (Wildman–Crippen MR) is 79.0 cm³/mol. The van der Waals surface area contributed by atoms with Gasteiger partial charge in [0.05, 0.1) is 17.6 Å². The third-order valence-electron chi connectivity index (χ3n) is 3.08. The number of nitrogens with one attached hydrogen (secondary N) is 2. The van der Waals surface area contributed by atoms with Gasteiger partial charge >= 0.3 is 0 Å². The fourth-order valence-electron chi connectivity index (χ4n) is 1.75. The SMILES string of the molecule is COCCNC(=O)C(C)NCc1ccc(C)c([N+](=O)[O-])c1. The van der Waals surface area contributed by atoms with Gasteiger partial charge in [0.15, 0.2) is 0 Å². The Labute approximate surface area is 123 Å². The zero-order valence-electron chi connectivity index (χ0n) is 12.5. The number of hydrogen-bond donors (Lipinski definition) is 2. The lowest BCUT2D eigenvalue weighted by atomic mass is 10.1. The van der Waals surface area contributed by atoms with Gasteiger partial charge in [-0.3, -0.25) is 14.9 Å². The minimum absolute atomic E-state index is 0.0894. The van der Waals surface area contributed by atoms with Gasteiger partial charge in [-0.05, 0) is 19.4 Å². The van der Waals surface area contributed by atoms with Crippen molar-refractivity contribution in [3.05, 3.63) is 39.4 Å².